The summed E-state index contributed by atoms with van der Waals surface area (Å²) in [4.78, 5) is 10.3. The Bertz CT molecular complexity index is 2640. The molecular weight excluding hydrogens is 607 g/mol. The summed E-state index contributed by atoms with van der Waals surface area (Å²) < 4.78 is 2.36. The molecule has 0 unspecified atom stereocenters. The van der Waals surface area contributed by atoms with Crippen molar-refractivity contribution in [3.63, 3.8) is 0 Å². The molecule has 2 heterocycles. The molecule has 50 heavy (non-hydrogen) atoms. The first-order valence-electron chi connectivity index (χ1n) is 17.1. The average molecular weight is 638 g/mol. The first-order chi connectivity index (χ1) is 24.8. The molecule has 0 radical (unpaired) electrons. The fourth-order valence-corrected chi connectivity index (χ4v) is 7.61. The molecule has 3 nitrogen and oxygen atoms in total. The Labute approximate surface area is 290 Å². The highest BCUT2D eigenvalue weighted by atomic mass is 15.0. The molecule has 0 saturated heterocycles. The van der Waals surface area contributed by atoms with Crippen LogP contribution in [0.15, 0.2) is 176 Å². The monoisotopic (exact) mass is 637 g/mol. The van der Waals surface area contributed by atoms with Crippen molar-refractivity contribution in [3.8, 4) is 61.8 Å². The van der Waals surface area contributed by atoms with E-state index in [0.717, 1.165) is 40.4 Å². The maximum atomic E-state index is 5.19. The molecule has 0 atom stereocenters. The second-order valence-electron chi connectivity index (χ2n) is 13.0. The molecule has 7 aromatic carbocycles. The van der Waals surface area contributed by atoms with Gasteiger partial charge in [-0.1, -0.05) is 146 Å². The minimum absolute atomic E-state index is 0.759. The normalized spacial score (nSPS) is 11.9. The lowest BCUT2D eigenvalue weighted by Gasteiger charge is -2.11. The summed E-state index contributed by atoms with van der Waals surface area (Å²) in [6.45, 7) is 0. The quantitative estimate of drug-likeness (QED) is 0.188. The van der Waals surface area contributed by atoms with Gasteiger partial charge in [-0.05, 0) is 58.1 Å². The van der Waals surface area contributed by atoms with E-state index in [1.807, 2.05) is 18.2 Å². The number of fused-ring (bicyclic) bond motifs is 6. The van der Waals surface area contributed by atoms with Crippen LogP contribution in [0.25, 0.3) is 83.6 Å². The standard InChI is InChI=1S/C47H31N3/c1-3-11-34(12-4-1)45-42-30-37-24-23-36(29-41(37)46(42)49-47(48-45)35-13-5-2-6-14-35)33-21-19-31(20-22-33)32-25-27-38(28-26-32)50-43-17-9-7-15-39(43)40-16-8-10-18-44(40)50/h1-29H,30H2. The molecule has 1 aliphatic carbocycles. The van der Waals surface area contributed by atoms with E-state index in [1.54, 1.807) is 0 Å². The summed E-state index contributed by atoms with van der Waals surface area (Å²) in [6.07, 6.45) is 0.827. The predicted octanol–water partition coefficient (Wildman–Crippen LogP) is 11.8. The van der Waals surface area contributed by atoms with Crippen LogP contribution in [0.4, 0.5) is 0 Å². The summed E-state index contributed by atoms with van der Waals surface area (Å²) >= 11 is 0. The van der Waals surface area contributed by atoms with E-state index >= 15 is 0 Å². The van der Waals surface area contributed by atoms with E-state index in [-0.39, 0.29) is 0 Å². The maximum absolute atomic E-state index is 5.19. The van der Waals surface area contributed by atoms with E-state index in [1.165, 1.54) is 60.8 Å². The van der Waals surface area contributed by atoms with Gasteiger partial charge in [0.05, 0.1) is 22.4 Å². The smallest absolute Gasteiger partial charge is 0.160 e. The van der Waals surface area contributed by atoms with Crippen LogP contribution in [0.2, 0.25) is 0 Å². The van der Waals surface area contributed by atoms with E-state index in [2.05, 4.69) is 162 Å². The zero-order chi connectivity index (χ0) is 33.0. The fraction of sp³-hybridized carbons (Fsp3) is 0.0213. The Hall–Kier alpha value is -6.58. The highest BCUT2D eigenvalue weighted by molar-refractivity contribution is 6.09. The summed E-state index contributed by atoms with van der Waals surface area (Å²) in [5.74, 6) is 0.759. The van der Waals surface area contributed by atoms with Crippen LogP contribution >= 0.6 is 0 Å². The van der Waals surface area contributed by atoms with Gasteiger partial charge in [0.15, 0.2) is 5.82 Å². The molecule has 9 aromatic rings. The molecule has 10 rings (SSSR count). The Kier molecular flexibility index (Phi) is 6.56. The zero-order valence-corrected chi connectivity index (χ0v) is 27.3. The van der Waals surface area contributed by atoms with Gasteiger partial charge in [0.1, 0.15) is 0 Å². The minimum atomic E-state index is 0.759. The summed E-state index contributed by atoms with van der Waals surface area (Å²) in [5.41, 5.74) is 16.3. The molecule has 0 aliphatic heterocycles. The van der Waals surface area contributed by atoms with Crippen molar-refractivity contribution in [2.24, 2.45) is 0 Å². The molecular formula is C47H31N3. The first-order valence-corrected chi connectivity index (χ1v) is 17.1. The maximum Gasteiger partial charge on any atom is 0.160 e. The lowest BCUT2D eigenvalue weighted by atomic mass is 9.97. The van der Waals surface area contributed by atoms with Gasteiger partial charge in [-0.3, -0.25) is 0 Å². The SMILES string of the molecule is c1ccc(-c2nc(-c3ccccc3)c3c(n2)-c2cc(-c4ccc(-c5ccc(-n6c7ccccc7c7ccccc76)cc5)cc4)ccc2C3)cc1. The summed E-state index contributed by atoms with van der Waals surface area (Å²) in [6, 6.07) is 62.8. The van der Waals surface area contributed by atoms with Crippen LogP contribution in [-0.4, -0.2) is 14.5 Å². The molecule has 0 saturated carbocycles. The number of nitrogens with zero attached hydrogens (tertiary/aromatic N) is 3. The molecule has 1 aliphatic rings. The topological polar surface area (TPSA) is 30.7 Å². The molecule has 234 valence electrons. The van der Waals surface area contributed by atoms with Gasteiger partial charge >= 0.3 is 0 Å². The Morgan fingerprint density at radius 3 is 1.54 bits per heavy atom. The van der Waals surface area contributed by atoms with Gasteiger partial charge < -0.3 is 4.57 Å². The van der Waals surface area contributed by atoms with Crippen molar-refractivity contribution in [2.75, 3.05) is 0 Å². The number of aromatic nitrogens is 3. The third-order valence-corrected chi connectivity index (χ3v) is 10.1. The van der Waals surface area contributed by atoms with E-state index < -0.39 is 0 Å². The first kappa shape index (κ1) is 28.4. The number of hydrogen-bond acceptors (Lipinski definition) is 2. The number of para-hydroxylation sites is 2. The predicted molar refractivity (Wildman–Crippen MR) is 206 cm³/mol. The van der Waals surface area contributed by atoms with Gasteiger partial charge in [0.25, 0.3) is 0 Å². The van der Waals surface area contributed by atoms with Crippen LogP contribution < -0.4 is 0 Å². The van der Waals surface area contributed by atoms with Gasteiger partial charge in [0.2, 0.25) is 0 Å². The number of rotatable bonds is 5. The highest BCUT2D eigenvalue weighted by Gasteiger charge is 2.26. The largest absolute Gasteiger partial charge is 0.309 e. The molecule has 3 heteroatoms. The Morgan fingerprint density at radius 2 is 0.900 bits per heavy atom. The van der Waals surface area contributed by atoms with Crippen LogP contribution in [0, 0.1) is 0 Å². The van der Waals surface area contributed by atoms with E-state index in [4.69, 9.17) is 9.97 Å². The Balaban J connectivity index is 0.988. The number of benzene rings is 7. The molecule has 0 fully saturated rings. The van der Waals surface area contributed by atoms with E-state index in [0.29, 0.717) is 0 Å². The second-order valence-corrected chi connectivity index (χ2v) is 13.0. The van der Waals surface area contributed by atoms with Gasteiger partial charge in [-0.2, -0.15) is 0 Å². The van der Waals surface area contributed by atoms with Crippen LogP contribution in [-0.2, 0) is 6.42 Å². The molecule has 0 bridgehead atoms. The van der Waals surface area contributed by atoms with Gasteiger partial charge in [-0.25, -0.2) is 9.97 Å². The third-order valence-electron chi connectivity index (χ3n) is 10.1. The van der Waals surface area contributed by atoms with Crippen molar-refractivity contribution < 1.29 is 0 Å². The lowest BCUT2D eigenvalue weighted by Crippen LogP contribution is -1.99. The van der Waals surface area contributed by atoms with Crippen molar-refractivity contribution in [3.05, 3.63) is 187 Å². The lowest BCUT2D eigenvalue weighted by molar-refractivity contribution is 1.13. The van der Waals surface area contributed by atoms with Crippen molar-refractivity contribution >= 4 is 21.8 Å². The van der Waals surface area contributed by atoms with Gasteiger partial charge in [-0.15, -0.1) is 0 Å². The van der Waals surface area contributed by atoms with Crippen LogP contribution in [0.1, 0.15) is 11.1 Å². The van der Waals surface area contributed by atoms with E-state index in [9.17, 15) is 0 Å². The Morgan fingerprint density at radius 1 is 0.400 bits per heavy atom. The molecule has 2 aromatic heterocycles. The molecule has 0 N–H and O–H groups in total. The molecule has 0 spiro atoms. The zero-order valence-electron chi connectivity index (χ0n) is 27.3. The van der Waals surface area contributed by atoms with Crippen LogP contribution in [0.3, 0.4) is 0 Å². The van der Waals surface area contributed by atoms with Crippen molar-refractivity contribution in [1.29, 1.82) is 0 Å². The van der Waals surface area contributed by atoms with Crippen molar-refractivity contribution in [2.45, 2.75) is 6.42 Å². The molecule has 0 amide bonds. The summed E-state index contributed by atoms with van der Waals surface area (Å²) in [7, 11) is 0. The second kappa shape index (κ2) is 11.5. The van der Waals surface area contributed by atoms with Crippen molar-refractivity contribution in [1.82, 2.24) is 14.5 Å². The fourth-order valence-electron chi connectivity index (χ4n) is 7.61. The minimum Gasteiger partial charge on any atom is -0.309 e. The average Bonchev–Trinajstić information content (AvgIpc) is 3.74. The third kappa shape index (κ3) is 4.67. The van der Waals surface area contributed by atoms with Gasteiger partial charge in [0, 0.05) is 45.1 Å². The highest BCUT2D eigenvalue weighted by Crippen LogP contribution is 2.43. The summed E-state index contributed by atoms with van der Waals surface area (Å²) in [5, 5.41) is 2.55. The number of hydrogen-bond donors (Lipinski definition) is 0. The van der Waals surface area contributed by atoms with Crippen LogP contribution in [0.5, 0.6) is 0 Å².